The molecule has 0 aromatic heterocycles. The van der Waals surface area contributed by atoms with E-state index in [9.17, 15) is 10.2 Å². The van der Waals surface area contributed by atoms with Gasteiger partial charge in [-0.15, -0.1) is 0 Å². The molecule has 106 valence electrons. The number of anilines is 2. The van der Waals surface area contributed by atoms with Crippen LogP contribution in [0.1, 0.15) is 5.56 Å². The number of nitrogen functional groups attached to an aromatic ring is 2. The van der Waals surface area contributed by atoms with Crippen LogP contribution in [0.15, 0.2) is 36.4 Å². The summed E-state index contributed by atoms with van der Waals surface area (Å²) in [5.74, 6) is 0.110. The highest BCUT2D eigenvalue weighted by Gasteiger charge is 2.13. The van der Waals surface area contributed by atoms with E-state index in [-0.39, 0.29) is 18.8 Å². The zero-order valence-corrected chi connectivity index (χ0v) is 11.0. The minimum atomic E-state index is -0.852. The molecule has 5 heteroatoms. The zero-order chi connectivity index (χ0) is 14.7. The minimum absolute atomic E-state index is 0.110. The number of nitrogens with two attached hydrogens (primary N) is 2. The van der Waals surface area contributed by atoms with Gasteiger partial charge in [-0.25, -0.2) is 0 Å². The summed E-state index contributed by atoms with van der Waals surface area (Å²) >= 11 is 0. The molecular weight excluding hydrogens is 256 g/mol. The number of para-hydroxylation sites is 1. The maximum Gasteiger partial charge on any atom is 0.123 e. The Balaban J connectivity index is 2.50. The smallest absolute Gasteiger partial charge is 0.123 e. The summed E-state index contributed by atoms with van der Waals surface area (Å²) in [6.07, 6.45) is -0.586. The van der Waals surface area contributed by atoms with Gasteiger partial charge in [0.25, 0.3) is 0 Å². The van der Waals surface area contributed by atoms with Crippen LogP contribution in [0.3, 0.4) is 0 Å². The van der Waals surface area contributed by atoms with E-state index in [2.05, 4.69) is 0 Å². The van der Waals surface area contributed by atoms with Gasteiger partial charge in [0.15, 0.2) is 0 Å². The van der Waals surface area contributed by atoms with Crippen LogP contribution in [-0.2, 0) is 6.42 Å². The third-order valence-corrected chi connectivity index (χ3v) is 3.15. The van der Waals surface area contributed by atoms with Crippen molar-refractivity contribution in [2.45, 2.75) is 12.5 Å². The van der Waals surface area contributed by atoms with Crippen molar-refractivity contribution in [1.82, 2.24) is 0 Å². The van der Waals surface area contributed by atoms with Gasteiger partial charge in [0, 0.05) is 17.5 Å². The number of aliphatic hydroxyl groups is 2. The predicted molar refractivity (Wildman–Crippen MR) is 79.2 cm³/mol. The molecule has 0 radical (unpaired) electrons. The van der Waals surface area contributed by atoms with E-state index < -0.39 is 6.10 Å². The lowest BCUT2D eigenvalue weighted by Gasteiger charge is -2.14. The van der Waals surface area contributed by atoms with Crippen molar-refractivity contribution in [2.75, 3.05) is 18.1 Å². The lowest BCUT2D eigenvalue weighted by Crippen LogP contribution is -2.15. The molecule has 0 spiro atoms. The van der Waals surface area contributed by atoms with Crippen molar-refractivity contribution in [2.24, 2.45) is 0 Å². The normalized spacial score (nSPS) is 12.3. The third kappa shape index (κ3) is 2.84. The summed E-state index contributed by atoms with van der Waals surface area (Å²) in [6.45, 7) is -0.323. The molecule has 0 aliphatic carbocycles. The fraction of sp³-hybridized carbons (Fsp3) is 0.200. The Kier molecular flexibility index (Phi) is 4.12. The van der Waals surface area contributed by atoms with E-state index in [0.29, 0.717) is 22.5 Å². The van der Waals surface area contributed by atoms with Crippen molar-refractivity contribution in [1.29, 1.82) is 0 Å². The maximum absolute atomic E-state index is 9.91. The van der Waals surface area contributed by atoms with E-state index in [0.717, 1.165) is 5.56 Å². The quantitative estimate of drug-likeness (QED) is 0.536. The molecule has 2 aromatic rings. The van der Waals surface area contributed by atoms with Gasteiger partial charge in [-0.3, -0.25) is 0 Å². The standard InChI is InChI=1S/C15H18N2O3/c16-13-7-9(5-10(19)8-18)6-12(15(13)17)11-3-1-2-4-14(11)20/h1-4,6-7,10,18-20H,5,8,16-17H2. The summed E-state index contributed by atoms with van der Waals surface area (Å²) in [4.78, 5) is 0. The Morgan fingerprint density at radius 1 is 1.05 bits per heavy atom. The zero-order valence-electron chi connectivity index (χ0n) is 11.0. The molecule has 2 rings (SSSR count). The second-order valence-electron chi connectivity index (χ2n) is 4.70. The summed E-state index contributed by atoms with van der Waals surface area (Å²) in [5, 5.41) is 28.3. The Labute approximate surface area is 117 Å². The number of aromatic hydroxyl groups is 1. The van der Waals surface area contributed by atoms with Crippen LogP contribution in [0, 0.1) is 0 Å². The van der Waals surface area contributed by atoms with Gasteiger partial charge in [-0.1, -0.05) is 18.2 Å². The van der Waals surface area contributed by atoms with Crippen molar-refractivity contribution >= 4 is 11.4 Å². The topological polar surface area (TPSA) is 113 Å². The monoisotopic (exact) mass is 274 g/mol. The molecule has 7 N–H and O–H groups in total. The van der Waals surface area contributed by atoms with Crippen molar-refractivity contribution in [3.63, 3.8) is 0 Å². The van der Waals surface area contributed by atoms with Crippen LogP contribution in [0.5, 0.6) is 5.75 Å². The number of phenolic OH excluding ortho intramolecular Hbond substituents is 1. The maximum atomic E-state index is 9.91. The fourth-order valence-corrected chi connectivity index (χ4v) is 2.12. The highest BCUT2D eigenvalue weighted by molar-refractivity contribution is 5.87. The number of benzene rings is 2. The van der Waals surface area contributed by atoms with Crippen LogP contribution in [0.4, 0.5) is 11.4 Å². The molecule has 0 saturated heterocycles. The Bertz CT molecular complexity index is 614. The van der Waals surface area contributed by atoms with Gasteiger partial charge in [0.2, 0.25) is 0 Å². The lowest BCUT2D eigenvalue weighted by molar-refractivity contribution is 0.0955. The van der Waals surface area contributed by atoms with Gasteiger partial charge in [-0.05, 0) is 23.8 Å². The van der Waals surface area contributed by atoms with Crippen LogP contribution in [-0.4, -0.2) is 28.0 Å². The van der Waals surface area contributed by atoms with Gasteiger partial charge in [0.05, 0.1) is 24.1 Å². The molecule has 0 amide bonds. The van der Waals surface area contributed by atoms with Crippen molar-refractivity contribution in [3.05, 3.63) is 42.0 Å². The van der Waals surface area contributed by atoms with E-state index in [1.807, 2.05) is 0 Å². The van der Waals surface area contributed by atoms with Crippen LogP contribution in [0.2, 0.25) is 0 Å². The molecule has 1 unspecified atom stereocenters. The summed E-state index contributed by atoms with van der Waals surface area (Å²) in [6, 6.07) is 10.3. The van der Waals surface area contributed by atoms with E-state index in [4.69, 9.17) is 16.6 Å². The fourth-order valence-electron chi connectivity index (χ4n) is 2.12. The second-order valence-corrected chi connectivity index (χ2v) is 4.70. The molecule has 0 heterocycles. The summed E-state index contributed by atoms with van der Waals surface area (Å²) < 4.78 is 0. The molecule has 0 fully saturated rings. The lowest BCUT2D eigenvalue weighted by atomic mass is 9.97. The molecule has 0 aliphatic heterocycles. The average Bonchev–Trinajstić information content (AvgIpc) is 2.43. The molecule has 5 nitrogen and oxygen atoms in total. The average molecular weight is 274 g/mol. The first kappa shape index (κ1) is 14.2. The first-order chi connectivity index (χ1) is 9.52. The summed E-state index contributed by atoms with van der Waals surface area (Å²) in [7, 11) is 0. The van der Waals surface area contributed by atoms with Crippen LogP contribution >= 0.6 is 0 Å². The van der Waals surface area contributed by atoms with Gasteiger partial charge in [0.1, 0.15) is 5.75 Å². The number of hydrogen-bond donors (Lipinski definition) is 5. The Hall–Kier alpha value is -2.24. The van der Waals surface area contributed by atoms with Crippen molar-refractivity contribution in [3.8, 4) is 16.9 Å². The Morgan fingerprint density at radius 2 is 1.75 bits per heavy atom. The highest BCUT2D eigenvalue weighted by atomic mass is 16.3. The minimum Gasteiger partial charge on any atom is -0.507 e. The number of hydrogen-bond acceptors (Lipinski definition) is 5. The van der Waals surface area contributed by atoms with Crippen LogP contribution in [0.25, 0.3) is 11.1 Å². The van der Waals surface area contributed by atoms with E-state index in [1.165, 1.54) is 0 Å². The SMILES string of the molecule is Nc1cc(CC(O)CO)cc(-c2ccccc2O)c1N. The molecule has 2 aromatic carbocycles. The van der Waals surface area contributed by atoms with Gasteiger partial charge in [-0.2, -0.15) is 0 Å². The second kappa shape index (κ2) is 5.81. The molecule has 0 bridgehead atoms. The third-order valence-electron chi connectivity index (χ3n) is 3.15. The van der Waals surface area contributed by atoms with E-state index >= 15 is 0 Å². The van der Waals surface area contributed by atoms with Crippen molar-refractivity contribution < 1.29 is 15.3 Å². The molecule has 0 saturated carbocycles. The number of rotatable bonds is 4. The summed E-state index contributed by atoms with van der Waals surface area (Å²) in [5.41, 5.74) is 14.5. The number of aliphatic hydroxyl groups excluding tert-OH is 2. The molecule has 20 heavy (non-hydrogen) atoms. The van der Waals surface area contributed by atoms with E-state index in [1.54, 1.807) is 36.4 Å². The Morgan fingerprint density at radius 3 is 2.40 bits per heavy atom. The predicted octanol–water partition coefficient (Wildman–Crippen LogP) is 1.12. The highest BCUT2D eigenvalue weighted by Crippen LogP contribution is 2.36. The molecule has 1 atom stereocenters. The number of phenols is 1. The first-order valence-corrected chi connectivity index (χ1v) is 6.28. The van der Waals surface area contributed by atoms with Crippen LogP contribution < -0.4 is 11.5 Å². The van der Waals surface area contributed by atoms with Gasteiger partial charge >= 0.3 is 0 Å². The largest absolute Gasteiger partial charge is 0.507 e. The molecule has 0 aliphatic rings. The molecular formula is C15H18N2O3. The first-order valence-electron chi connectivity index (χ1n) is 6.28. The van der Waals surface area contributed by atoms with Gasteiger partial charge < -0.3 is 26.8 Å².